The molecule has 1 N–H and O–H groups in total. The molecule has 2 saturated heterocycles. The van der Waals surface area contributed by atoms with Crippen molar-refractivity contribution in [3.63, 3.8) is 0 Å². The Morgan fingerprint density at radius 2 is 2.09 bits per heavy atom. The van der Waals surface area contributed by atoms with Gasteiger partial charge in [0.25, 0.3) is 5.91 Å². The molecule has 3 amide bonds. The van der Waals surface area contributed by atoms with Crippen LogP contribution in [-0.2, 0) is 0 Å². The molecule has 1 aromatic carbocycles. The number of nitrogens with zero attached hydrogens (tertiary/aromatic N) is 3. The zero-order chi connectivity index (χ0) is 15.7. The highest BCUT2D eigenvalue weighted by atomic mass is 16.2. The van der Waals surface area contributed by atoms with Gasteiger partial charge in [0, 0.05) is 50.0 Å². The molecule has 0 radical (unpaired) electrons. The van der Waals surface area contributed by atoms with Gasteiger partial charge in [-0.15, -0.1) is 0 Å². The lowest BCUT2D eigenvalue weighted by molar-refractivity contribution is 0.0533. The van der Waals surface area contributed by atoms with E-state index in [4.69, 9.17) is 0 Å². The maximum atomic E-state index is 12.8. The Hall–Kier alpha value is -2.08. The molecule has 2 aliphatic heterocycles. The van der Waals surface area contributed by atoms with Crippen molar-refractivity contribution in [2.75, 3.05) is 44.7 Å². The van der Waals surface area contributed by atoms with E-state index in [0.29, 0.717) is 18.7 Å². The molecule has 2 fully saturated rings. The maximum Gasteiger partial charge on any atom is 0.321 e. The van der Waals surface area contributed by atoms with Crippen LogP contribution in [0.4, 0.5) is 10.5 Å². The number of likely N-dealkylation sites (N-methyl/N-ethyl adjacent to an activating group) is 1. The van der Waals surface area contributed by atoms with Gasteiger partial charge in [0.15, 0.2) is 0 Å². The number of hydrogen-bond donors (Lipinski definition) is 1. The van der Waals surface area contributed by atoms with Crippen molar-refractivity contribution in [1.82, 2.24) is 15.1 Å². The Labute approximate surface area is 130 Å². The summed E-state index contributed by atoms with van der Waals surface area (Å²) in [5.74, 6) is 0.0436. The molecule has 0 aromatic heterocycles. The minimum atomic E-state index is -0.0995. The molecule has 22 heavy (non-hydrogen) atoms. The number of rotatable bonds is 2. The monoisotopic (exact) mass is 302 g/mol. The Bertz CT molecular complexity index is 589. The van der Waals surface area contributed by atoms with Crippen LogP contribution in [0, 0.1) is 0 Å². The standard InChI is InChI=1S/C16H22N4O2/c1-12-11-18(2)8-9-19(12)15(21)13-4-3-5-14(10-13)20-7-6-17-16(20)22/h3-5,10,12H,6-9,11H2,1-2H3,(H,17,22)/t12-/m1/s1. The average Bonchev–Trinajstić information content (AvgIpc) is 2.93. The first-order valence-corrected chi connectivity index (χ1v) is 7.71. The Morgan fingerprint density at radius 3 is 2.77 bits per heavy atom. The fourth-order valence-corrected chi connectivity index (χ4v) is 3.13. The molecule has 3 rings (SSSR count). The predicted octanol–water partition coefficient (Wildman–Crippen LogP) is 0.992. The van der Waals surface area contributed by atoms with Gasteiger partial charge in [-0.3, -0.25) is 9.69 Å². The highest BCUT2D eigenvalue weighted by Gasteiger charge is 2.27. The second-order valence-electron chi connectivity index (χ2n) is 6.04. The topological polar surface area (TPSA) is 55.9 Å². The van der Waals surface area contributed by atoms with Gasteiger partial charge in [-0.05, 0) is 32.2 Å². The van der Waals surface area contributed by atoms with Crippen molar-refractivity contribution in [3.05, 3.63) is 29.8 Å². The van der Waals surface area contributed by atoms with Crippen LogP contribution in [0.3, 0.4) is 0 Å². The van der Waals surface area contributed by atoms with Crippen LogP contribution in [-0.4, -0.2) is 67.6 Å². The van der Waals surface area contributed by atoms with Gasteiger partial charge in [0.05, 0.1) is 0 Å². The molecule has 1 aromatic rings. The number of hydrogen-bond acceptors (Lipinski definition) is 3. The van der Waals surface area contributed by atoms with Crippen LogP contribution >= 0.6 is 0 Å². The first-order valence-electron chi connectivity index (χ1n) is 7.71. The summed E-state index contributed by atoms with van der Waals surface area (Å²) in [6, 6.07) is 7.45. The van der Waals surface area contributed by atoms with E-state index in [0.717, 1.165) is 25.3 Å². The third-order valence-electron chi connectivity index (χ3n) is 4.35. The van der Waals surface area contributed by atoms with Crippen LogP contribution in [0.15, 0.2) is 24.3 Å². The van der Waals surface area contributed by atoms with Crippen molar-refractivity contribution in [1.29, 1.82) is 0 Å². The largest absolute Gasteiger partial charge is 0.336 e. The van der Waals surface area contributed by atoms with E-state index >= 15 is 0 Å². The van der Waals surface area contributed by atoms with Gasteiger partial charge in [0.2, 0.25) is 0 Å². The molecule has 2 aliphatic rings. The number of anilines is 1. The molecule has 2 heterocycles. The van der Waals surface area contributed by atoms with Crippen LogP contribution in [0.1, 0.15) is 17.3 Å². The first-order chi connectivity index (χ1) is 10.6. The van der Waals surface area contributed by atoms with Crippen LogP contribution in [0.5, 0.6) is 0 Å². The molecular formula is C16H22N4O2. The third-order valence-corrected chi connectivity index (χ3v) is 4.35. The number of piperazine rings is 1. The Kier molecular flexibility index (Phi) is 4.02. The number of urea groups is 1. The second-order valence-corrected chi connectivity index (χ2v) is 6.04. The van der Waals surface area contributed by atoms with Gasteiger partial charge in [-0.2, -0.15) is 0 Å². The van der Waals surface area contributed by atoms with Gasteiger partial charge < -0.3 is 15.1 Å². The van der Waals surface area contributed by atoms with E-state index < -0.39 is 0 Å². The van der Waals surface area contributed by atoms with E-state index in [9.17, 15) is 9.59 Å². The smallest absolute Gasteiger partial charge is 0.321 e. The van der Waals surface area contributed by atoms with Crippen molar-refractivity contribution >= 4 is 17.6 Å². The predicted molar refractivity (Wildman–Crippen MR) is 85.2 cm³/mol. The van der Waals surface area contributed by atoms with E-state index in [1.807, 2.05) is 29.2 Å². The summed E-state index contributed by atoms with van der Waals surface area (Å²) in [5.41, 5.74) is 1.43. The molecule has 1 atom stereocenters. The molecule has 0 aliphatic carbocycles. The minimum absolute atomic E-state index is 0.0436. The normalized spacial score (nSPS) is 22.8. The number of benzene rings is 1. The lowest BCUT2D eigenvalue weighted by Crippen LogP contribution is -2.52. The number of nitrogens with one attached hydrogen (secondary N) is 1. The molecule has 0 saturated carbocycles. The summed E-state index contributed by atoms with van der Waals surface area (Å²) in [7, 11) is 2.07. The van der Waals surface area contributed by atoms with Crippen molar-refractivity contribution < 1.29 is 9.59 Å². The van der Waals surface area contributed by atoms with Crippen molar-refractivity contribution in [2.45, 2.75) is 13.0 Å². The Balaban J connectivity index is 1.79. The SMILES string of the molecule is C[C@@H]1CN(C)CCN1C(=O)c1cccc(N2CCNC2=O)c1. The zero-order valence-corrected chi connectivity index (χ0v) is 13.1. The highest BCUT2D eigenvalue weighted by molar-refractivity contribution is 5.98. The van der Waals surface area contributed by atoms with Crippen LogP contribution < -0.4 is 10.2 Å². The summed E-state index contributed by atoms with van der Waals surface area (Å²) in [5, 5.41) is 2.78. The quantitative estimate of drug-likeness (QED) is 0.886. The molecular weight excluding hydrogens is 280 g/mol. The summed E-state index contributed by atoms with van der Waals surface area (Å²) in [6.45, 7) is 5.88. The number of carbonyl (C=O) groups excluding carboxylic acids is 2. The minimum Gasteiger partial charge on any atom is -0.336 e. The fourth-order valence-electron chi connectivity index (χ4n) is 3.13. The lowest BCUT2D eigenvalue weighted by Gasteiger charge is -2.38. The van der Waals surface area contributed by atoms with Gasteiger partial charge in [-0.1, -0.05) is 6.07 Å². The zero-order valence-electron chi connectivity index (χ0n) is 13.1. The van der Waals surface area contributed by atoms with Crippen LogP contribution in [0.2, 0.25) is 0 Å². The van der Waals surface area contributed by atoms with Crippen molar-refractivity contribution in [3.8, 4) is 0 Å². The fraction of sp³-hybridized carbons (Fsp3) is 0.500. The third kappa shape index (κ3) is 2.78. The summed E-state index contributed by atoms with van der Waals surface area (Å²) >= 11 is 0. The molecule has 0 unspecified atom stereocenters. The average molecular weight is 302 g/mol. The maximum absolute atomic E-state index is 12.8. The first kappa shape index (κ1) is 14.8. The van der Waals surface area contributed by atoms with E-state index in [1.54, 1.807) is 4.90 Å². The lowest BCUT2D eigenvalue weighted by atomic mass is 10.1. The Morgan fingerprint density at radius 1 is 1.27 bits per heavy atom. The van der Waals surface area contributed by atoms with Crippen LogP contribution in [0.25, 0.3) is 0 Å². The molecule has 6 nitrogen and oxygen atoms in total. The number of amides is 3. The second kappa shape index (κ2) is 5.96. The molecule has 0 bridgehead atoms. The van der Waals surface area contributed by atoms with E-state index in [2.05, 4.69) is 24.2 Å². The number of carbonyl (C=O) groups is 2. The summed E-state index contributed by atoms with van der Waals surface area (Å²) in [6.07, 6.45) is 0. The molecule has 118 valence electrons. The summed E-state index contributed by atoms with van der Waals surface area (Å²) < 4.78 is 0. The van der Waals surface area contributed by atoms with Crippen molar-refractivity contribution in [2.24, 2.45) is 0 Å². The summed E-state index contributed by atoms with van der Waals surface area (Å²) in [4.78, 5) is 30.3. The van der Waals surface area contributed by atoms with Gasteiger partial charge >= 0.3 is 6.03 Å². The highest BCUT2D eigenvalue weighted by Crippen LogP contribution is 2.20. The van der Waals surface area contributed by atoms with E-state index in [1.165, 1.54) is 0 Å². The van der Waals surface area contributed by atoms with Gasteiger partial charge in [-0.25, -0.2) is 4.79 Å². The van der Waals surface area contributed by atoms with Gasteiger partial charge in [0.1, 0.15) is 0 Å². The molecule has 0 spiro atoms. The van der Waals surface area contributed by atoms with E-state index in [-0.39, 0.29) is 18.0 Å². The molecule has 6 heteroatoms.